The third-order valence-electron chi connectivity index (χ3n) is 2.33. The normalized spacial score (nSPS) is 20.1. The number of hydrogen-bond donors (Lipinski definition) is 0. The fourth-order valence-electron chi connectivity index (χ4n) is 1.46. The molecule has 1 atom stereocenters. The highest BCUT2D eigenvalue weighted by atomic mass is 16.5. The van der Waals surface area contributed by atoms with E-state index in [4.69, 9.17) is 4.74 Å². The molecule has 1 aliphatic rings. The van der Waals surface area contributed by atoms with Crippen LogP contribution in [0.2, 0.25) is 0 Å². The summed E-state index contributed by atoms with van der Waals surface area (Å²) in [7, 11) is 0. The third-order valence-corrected chi connectivity index (χ3v) is 2.33. The van der Waals surface area contributed by atoms with Gasteiger partial charge in [-0.3, -0.25) is 4.79 Å². The molecule has 0 spiro atoms. The fraction of sp³-hybridized carbons (Fsp3) is 0.750. The van der Waals surface area contributed by atoms with Gasteiger partial charge in [0.2, 0.25) is 0 Å². The Morgan fingerprint density at radius 1 is 1.43 bits per heavy atom. The second kappa shape index (κ2) is 6.48. The number of hydrogen-bond acceptors (Lipinski definition) is 2. The van der Waals surface area contributed by atoms with Crippen LogP contribution in [0.1, 0.15) is 51.9 Å². The zero-order chi connectivity index (χ0) is 10.2. The average molecular weight is 194 g/mol. The number of rotatable bonds is 4. The van der Waals surface area contributed by atoms with Crippen LogP contribution in [0, 0.1) is 11.8 Å². The van der Waals surface area contributed by atoms with Crippen LogP contribution in [-0.2, 0) is 9.53 Å². The lowest BCUT2D eigenvalue weighted by Crippen LogP contribution is -2.04. The maximum Gasteiger partial charge on any atom is 0.306 e. The molecule has 78 valence electrons. The highest BCUT2D eigenvalue weighted by Gasteiger charge is 2.21. The van der Waals surface area contributed by atoms with Crippen molar-refractivity contribution in [2.24, 2.45) is 0 Å². The lowest BCUT2D eigenvalue weighted by molar-refractivity contribution is -0.141. The van der Waals surface area contributed by atoms with Gasteiger partial charge in [-0.05, 0) is 12.8 Å². The minimum absolute atomic E-state index is 0.0669. The molecule has 1 rings (SSSR count). The molecule has 0 saturated carbocycles. The zero-order valence-electron chi connectivity index (χ0n) is 8.84. The first-order valence-electron chi connectivity index (χ1n) is 5.48. The van der Waals surface area contributed by atoms with Gasteiger partial charge >= 0.3 is 5.97 Å². The third kappa shape index (κ3) is 4.32. The van der Waals surface area contributed by atoms with Gasteiger partial charge in [0.15, 0.2) is 0 Å². The molecule has 14 heavy (non-hydrogen) atoms. The van der Waals surface area contributed by atoms with Gasteiger partial charge in [-0.25, -0.2) is 0 Å². The molecule has 0 aromatic rings. The van der Waals surface area contributed by atoms with Crippen molar-refractivity contribution in [1.29, 1.82) is 0 Å². The Kier molecular flexibility index (Phi) is 5.14. The van der Waals surface area contributed by atoms with Gasteiger partial charge in [-0.2, -0.15) is 0 Å². The second-order valence-electron chi connectivity index (χ2n) is 3.67. The Labute approximate surface area is 86.0 Å². The number of unbranched alkanes of at least 4 members (excludes halogenated alkanes) is 3. The van der Waals surface area contributed by atoms with Crippen LogP contribution in [0.15, 0.2) is 0 Å². The molecule has 2 heteroatoms. The summed E-state index contributed by atoms with van der Waals surface area (Å²) >= 11 is 0. The Balaban J connectivity index is 2.04. The Bertz CT molecular complexity index is 234. The summed E-state index contributed by atoms with van der Waals surface area (Å²) in [6.45, 7) is 2.19. The molecule has 1 aliphatic heterocycles. The van der Waals surface area contributed by atoms with Crippen LogP contribution in [0.25, 0.3) is 0 Å². The maximum absolute atomic E-state index is 10.8. The summed E-state index contributed by atoms with van der Waals surface area (Å²) in [5.74, 6) is 6.13. The molecule has 0 radical (unpaired) electrons. The lowest BCUT2D eigenvalue weighted by atomic mass is 10.1. The lowest BCUT2D eigenvalue weighted by Gasteiger charge is -2.02. The first-order chi connectivity index (χ1) is 6.83. The Morgan fingerprint density at radius 2 is 2.29 bits per heavy atom. The van der Waals surface area contributed by atoms with E-state index >= 15 is 0 Å². The van der Waals surface area contributed by atoms with E-state index in [1.807, 2.05) is 0 Å². The predicted molar refractivity (Wildman–Crippen MR) is 55.6 cm³/mol. The van der Waals surface area contributed by atoms with Gasteiger partial charge in [0, 0.05) is 19.3 Å². The standard InChI is InChI=1S/C12H18O2/c1-2-3-4-5-6-7-8-11-9-10-12(13)14-11/h11H,2-5,8-10H2,1H3/t11-/m1/s1. The van der Waals surface area contributed by atoms with Gasteiger partial charge in [-0.1, -0.05) is 25.7 Å². The largest absolute Gasteiger partial charge is 0.461 e. The predicted octanol–water partition coefficient (Wildman–Crippen LogP) is 2.67. The summed E-state index contributed by atoms with van der Waals surface area (Å²) in [6.07, 6.45) is 6.88. The summed E-state index contributed by atoms with van der Waals surface area (Å²) in [4.78, 5) is 10.8. The van der Waals surface area contributed by atoms with Crippen molar-refractivity contribution in [3.05, 3.63) is 0 Å². The van der Waals surface area contributed by atoms with E-state index in [1.54, 1.807) is 0 Å². The molecule has 1 heterocycles. The molecular weight excluding hydrogens is 176 g/mol. The van der Waals surface area contributed by atoms with Crippen LogP contribution in [0.5, 0.6) is 0 Å². The minimum atomic E-state index is -0.0669. The van der Waals surface area contributed by atoms with Gasteiger partial charge in [0.05, 0.1) is 0 Å². The van der Waals surface area contributed by atoms with E-state index in [9.17, 15) is 4.79 Å². The Morgan fingerprint density at radius 3 is 2.93 bits per heavy atom. The van der Waals surface area contributed by atoms with E-state index in [-0.39, 0.29) is 12.1 Å². The molecule has 0 aliphatic carbocycles. The maximum atomic E-state index is 10.8. The number of carbonyl (C=O) groups is 1. The second-order valence-corrected chi connectivity index (χ2v) is 3.67. The van der Waals surface area contributed by atoms with Gasteiger partial charge in [0.25, 0.3) is 0 Å². The molecule has 1 saturated heterocycles. The SMILES string of the molecule is CCCCCC#CC[C@@H]1CCC(=O)O1. The van der Waals surface area contributed by atoms with Crippen molar-refractivity contribution in [3.63, 3.8) is 0 Å². The van der Waals surface area contributed by atoms with Crippen LogP contribution >= 0.6 is 0 Å². The van der Waals surface area contributed by atoms with Crippen molar-refractivity contribution in [2.75, 3.05) is 0 Å². The van der Waals surface area contributed by atoms with Crippen LogP contribution in [-0.4, -0.2) is 12.1 Å². The molecule has 0 bridgehead atoms. The van der Waals surface area contributed by atoms with Crippen molar-refractivity contribution in [2.45, 2.75) is 58.0 Å². The quantitative estimate of drug-likeness (QED) is 0.391. The van der Waals surface area contributed by atoms with Gasteiger partial charge in [-0.15, -0.1) is 5.92 Å². The molecule has 0 N–H and O–H groups in total. The van der Waals surface area contributed by atoms with Crippen molar-refractivity contribution in [1.82, 2.24) is 0 Å². The molecule has 0 aromatic heterocycles. The summed E-state index contributed by atoms with van der Waals surface area (Å²) in [6, 6.07) is 0. The molecule has 0 unspecified atom stereocenters. The van der Waals surface area contributed by atoms with Gasteiger partial charge in [0.1, 0.15) is 6.10 Å². The molecule has 0 aromatic carbocycles. The van der Waals surface area contributed by atoms with Gasteiger partial charge < -0.3 is 4.74 Å². The fourth-order valence-corrected chi connectivity index (χ4v) is 1.46. The van der Waals surface area contributed by atoms with Crippen molar-refractivity contribution >= 4 is 5.97 Å². The molecule has 0 amide bonds. The Hall–Kier alpha value is -0.970. The van der Waals surface area contributed by atoms with Crippen LogP contribution in [0.3, 0.4) is 0 Å². The minimum Gasteiger partial charge on any atom is -0.461 e. The van der Waals surface area contributed by atoms with Crippen LogP contribution in [0.4, 0.5) is 0 Å². The average Bonchev–Trinajstić information content (AvgIpc) is 2.58. The van der Waals surface area contributed by atoms with E-state index in [0.29, 0.717) is 6.42 Å². The van der Waals surface area contributed by atoms with E-state index in [1.165, 1.54) is 19.3 Å². The number of esters is 1. The molecule has 2 nitrogen and oxygen atoms in total. The summed E-state index contributed by atoms with van der Waals surface area (Å²) < 4.78 is 5.05. The highest BCUT2D eigenvalue weighted by Crippen LogP contribution is 2.15. The van der Waals surface area contributed by atoms with E-state index < -0.39 is 0 Å². The zero-order valence-corrected chi connectivity index (χ0v) is 8.84. The number of ether oxygens (including phenoxy) is 1. The first-order valence-corrected chi connectivity index (χ1v) is 5.48. The van der Waals surface area contributed by atoms with Crippen molar-refractivity contribution < 1.29 is 9.53 Å². The number of cyclic esters (lactones) is 1. The topological polar surface area (TPSA) is 26.3 Å². The highest BCUT2D eigenvalue weighted by molar-refractivity contribution is 5.71. The molecule has 1 fully saturated rings. The summed E-state index contributed by atoms with van der Waals surface area (Å²) in [5.41, 5.74) is 0. The van der Waals surface area contributed by atoms with Crippen LogP contribution < -0.4 is 0 Å². The number of carbonyl (C=O) groups excluding carboxylic acids is 1. The van der Waals surface area contributed by atoms with E-state index in [0.717, 1.165) is 19.3 Å². The summed E-state index contributed by atoms with van der Waals surface area (Å²) in [5, 5.41) is 0. The monoisotopic (exact) mass is 194 g/mol. The van der Waals surface area contributed by atoms with E-state index in [2.05, 4.69) is 18.8 Å². The first kappa shape index (κ1) is 11.1. The molecular formula is C12H18O2. The van der Waals surface area contributed by atoms with Crippen molar-refractivity contribution in [3.8, 4) is 11.8 Å². The smallest absolute Gasteiger partial charge is 0.306 e.